The van der Waals surface area contributed by atoms with E-state index in [1.807, 2.05) is 6.92 Å². The first kappa shape index (κ1) is 12.7. The molecule has 0 saturated heterocycles. The second-order valence-electron chi connectivity index (χ2n) is 5.23. The molecule has 0 unspecified atom stereocenters. The zero-order valence-electron chi connectivity index (χ0n) is 10.8. The average Bonchev–Trinajstić information content (AvgIpc) is 2.17. The number of nitrogens with zero attached hydrogens (tertiary/aromatic N) is 2. The molecule has 0 fully saturated rings. The van der Waals surface area contributed by atoms with Gasteiger partial charge >= 0.3 is 0 Å². The molecule has 1 heterocycles. The van der Waals surface area contributed by atoms with Crippen molar-refractivity contribution < 1.29 is 0 Å². The molecule has 0 aliphatic heterocycles. The maximum atomic E-state index is 5.59. The summed E-state index contributed by atoms with van der Waals surface area (Å²) in [5.41, 5.74) is 6.81. The van der Waals surface area contributed by atoms with Crippen LogP contribution in [0.5, 0.6) is 0 Å². The lowest BCUT2D eigenvalue weighted by Gasteiger charge is -2.31. The van der Waals surface area contributed by atoms with Crippen molar-refractivity contribution >= 4 is 11.8 Å². The number of hydrogen-bond donors (Lipinski definition) is 2. The number of rotatable bonds is 3. The number of hydrogen-bond acceptors (Lipinski definition) is 4. The lowest BCUT2D eigenvalue weighted by molar-refractivity contribution is 0.333. The summed E-state index contributed by atoms with van der Waals surface area (Å²) in [7, 11) is 0. The van der Waals surface area contributed by atoms with Crippen molar-refractivity contribution in [2.45, 2.75) is 47.1 Å². The van der Waals surface area contributed by atoms with Crippen molar-refractivity contribution in [1.29, 1.82) is 0 Å². The highest BCUT2D eigenvalue weighted by atomic mass is 15.1. The minimum atomic E-state index is 0.195. The van der Waals surface area contributed by atoms with E-state index < -0.39 is 0 Å². The fourth-order valence-corrected chi connectivity index (χ4v) is 1.70. The Morgan fingerprint density at radius 3 is 2.56 bits per heavy atom. The van der Waals surface area contributed by atoms with Crippen LogP contribution in [0.3, 0.4) is 0 Å². The number of anilines is 2. The van der Waals surface area contributed by atoms with E-state index in [0.717, 1.165) is 17.8 Å². The summed E-state index contributed by atoms with van der Waals surface area (Å²) in [5.74, 6) is 1.16. The molecule has 0 aromatic carbocycles. The number of nitrogens with one attached hydrogen (secondary N) is 1. The van der Waals surface area contributed by atoms with Gasteiger partial charge < -0.3 is 11.1 Å². The topological polar surface area (TPSA) is 63.8 Å². The van der Waals surface area contributed by atoms with Crippen molar-refractivity contribution in [3.05, 3.63) is 11.8 Å². The summed E-state index contributed by atoms with van der Waals surface area (Å²) in [6, 6.07) is 0.375. The molecule has 16 heavy (non-hydrogen) atoms. The Morgan fingerprint density at radius 2 is 2.06 bits per heavy atom. The van der Waals surface area contributed by atoms with Crippen LogP contribution in [-0.2, 0) is 0 Å². The molecule has 0 aliphatic carbocycles. The van der Waals surface area contributed by atoms with E-state index >= 15 is 0 Å². The zero-order valence-corrected chi connectivity index (χ0v) is 10.8. The molecule has 1 aromatic rings. The molecule has 1 aromatic heterocycles. The third-order valence-electron chi connectivity index (χ3n) is 2.75. The van der Waals surface area contributed by atoms with Crippen LogP contribution in [0.1, 0.15) is 39.7 Å². The van der Waals surface area contributed by atoms with Crippen LogP contribution in [0.15, 0.2) is 6.20 Å². The second-order valence-corrected chi connectivity index (χ2v) is 5.23. The molecule has 0 bridgehead atoms. The Balaban J connectivity index is 2.90. The molecule has 4 nitrogen and oxygen atoms in total. The number of aryl methyl sites for hydroxylation is 1. The van der Waals surface area contributed by atoms with Crippen LogP contribution in [0.2, 0.25) is 0 Å². The van der Waals surface area contributed by atoms with Gasteiger partial charge in [0, 0.05) is 17.8 Å². The van der Waals surface area contributed by atoms with Gasteiger partial charge in [-0.3, -0.25) is 0 Å². The summed E-state index contributed by atoms with van der Waals surface area (Å²) in [5, 5.41) is 3.45. The largest absolute Gasteiger partial charge is 0.368 e. The molecule has 1 atom stereocenters. The molecule has 3 N–H and O–H groups in total. The quantitative estimate of drug-likeness (QED) is 0.825. The highest BCUT2D eigenvalue weighted by Gasteiger charge is 2.23. The van der Waals surface area contributed by atoms with Gasteiger partial charge in [-0.15, -0.1) is 0 Å². The normalized spacial score (nSPS) is 13.6. The summed E-state index contributed by atoms with van der Waals surface area (Å²) in [6.07, 6.45) is 2.80. The Morgan fingerprint density at radius 1 is 1.44 bits per heavy atom. The van der Waals surface area contributed by atoms with Crippen LogP contribution in [-0.4, -0.2) is 16.0 Å². The van der Waals surface area contributed by atoms with Gasteiger partial charge in [0.05, 0.1) is 0 Å². The number of aromatic nitrogens is 2. The fourth-order valence-electron chi connectivity index (χ4n) is 1.70. The molecule has 90 valence electrons. The monoisotopic (exact) mass is 222 g/mol. The van der Waals surface area contributed by atoms with Gasteiger partial charge in [0.1, 0.15) is 5.82 Å². The maximum absolute atomic E-state index is 5.59. The fraction of sp³-hybridized carbons (Fsp3) is 0.667. The minimum absolute atomic E-state index is 0.195. The third kappa shape index (κ3) is 3.08. The van der Waals surface area contributed by atoms with E-state index in [9.17, 15) is 0 Å². The van der Waals surface area contributed by atoms with Crippen molar-refractivity contribution in [2.24, 2.45) is 5.41 Å². The lowest BCUT2D eigenvalue weighted by Crippen LogP contribution is -2.34. The van der Waals surface area contributed by atoms with Crippen molar-refractivity contribution in [3.63, 3.8) is 0 Å². The lowest BCUT2D eigenvalue weighted by atomic mass is 9.85. The van der Waals surface area contributed by atoms with Crippen molar-refractivity contribution in [1.82, 2.24) is 9.97 Å². The van der Waals surface area contributed by atoms with Crippen molar-refractivity contribution in [2.75, 3.05) is 11.1 Å². The zero-order chi connectivity index (χ0) is 12.3. The van der Waals surface area contributed by atoms with Gasteiger partial charge in [-0.25, -0.2) is 4.98 Å². The Labute approximate surface area is 97.7 Å². The standard InChI is InChI=1S/C12H22N4/c1-6-9(12(3,4)5)15-10-8(2)7-14-11(13)16-10/h7,9H,6H2,1-5H3,(H3,13,14,15,16)/t9-/m0/s1. The third-order valence-corrected chi connectivity index (χ3v) is 2.75. The average molecular weight is 222 g/mol. The van der Waals surface area contributed by atoms with Crippen molar-refractivity contribution in [3.8, 4) is 0 Å². The first-order valence-corrected chi connectivity index (χ1v) is 5.70. The van der Waals surface area contributed by atoms with Crippen LogP contribution < -0.4 is 11.1 Å². The predicted octanol–water partition coefficient (Wildman–Crippen LogP) is 2.60. The Bertz CT molecular complexity index is 355. The van der Waals surface area contributed by atoms with Crippen LogP contribution in [0, 0.1) is 12.3 Å². The van der Waals surface area contributed by atoms with E-state index in [4.69, 9.17) is 5.73 Å². The van der Waals surface area contributed by atoms with Gasteiger partial charge in [-0.2, -0.15) is 4.98 Å². The summed E-state index contributed by atoms with van der Waals surface area (Å²) in [4.78, 5) is 8.19. The Kier molecular flexibility index (Phi) is 3.73. The summed E-state index contributed by atoms with van der Waals surface area (Å²) >= 11 is 0. The second kappa shape index (κ2) is 4.68. The van der Waals surface area contributed by atoms with E-state index in [1.165, 1.54) is 0 Å². The van der Waals surface area contributed by atoms with Gasteiger partial charge in [0.25, 0.3) is 0 Å². The van der Waals surface area contributed by atoms with Crippen LogP contribution >= 0.6 is 0 Å². The van der Waals surface area contributed by atoms with Gasteiger partial charge in [0.2, 0.25) is 5.95 Å². The number of nitrogen functional groups attached to an aromatic ring is 1. The van der Waals surface area contributed by atoms with Crippen LogP contribution in [0.25, 0.3) is 0 Å². The minimum Gasteiger partial charge on any atom is -0.368 e. The molecule has 0 spiro atoms. The van der Waals surface area contributed by atoms with E-state index in [0.29, 0.717) is 12.0 Å². The summed E-state index contributed by atoms with van der Waals surface area (Å²) in [6.45, 7) is 10.8. The highest BCUT2D eigenvalue weighted by Crippen LogP contribution is 2.25. The molecular weight excluding hydrogens is 200 g/mol. The highest BCUT2D eigenvalue weighted by molar-refractivity contribution is 5.46. The molecule has 0 radical (unpaired) electrons. The summed E-state index contributed by atoms with van der Waals surface area (Å²) < 4.78 is 0. The van der Waals surface area contributed by atoms with Crippen LogP contribution in [0.4, 0.5) is 11.8 Å². The van der Waals surface area contributed by atoms with Gasteiger partial charge in [0.15, 0.2) is 0 Å². The molecular formula is C12H22N4. The molecule has 1 rings (SSSR count). The molecule has 0 amide bonds. The van der Waals surface area contributed by atoms with Gasteiger partial charge in [-0.1, -0.05) is 27.7 Å². The Hall–Kier alpha value is -1.32. The van der Waals surface area contributed by atoms with E-state index in [1.54, 1.807) is 6.20 Å². The molecule has 0 saturated carbocycles. The number of nitrogens with two attached hydrogens (primary N) is 1. The van der Waals surface area contributed by atoms with E-state index in [2.05, 4.69) is 43.0 Å². The first-order chi connectivity index (χ1) is 7.34. The first-order valence-electron chi connectivity index (χ1n) is 5.70. The SMILES string of the molecule is CC[C@H](Nc1nc(N)ncc1C)C(C)(C)C. The predicted molar refractivity (Wildman–Crippen MR) is 68.3 cm³/mol. The molecule has 4 heteroatoms. The maximum Gasteiger partial charge on any atom is 0.221 e. The molecule has 0 aliphatic rings. The smallest absolute Gasteiger partial charge is 0.221 e. The van der Waals surface area contributed by atoms with E-state index in [-0.39, 0.29) is 5.41 Å². The van der Waals surface area contributed by atoms with Gasteiger partial charge in [-0.05, 0) is 18.8 Å².